The first-order chi connectivity index (χ1) is 8.88. The van der Waals surface area contributed by atoms with Crippen molar-refractivity contribution in [3.63, 3.8) is 0 Å². The van der Waals surface area contributed by atoms with E-state index in [1.54, 1.807) is 0 Å². The van der Waals surface area contributed by atoms with Gasteiger partial charge in [-0.25, -0.2) is 0 Å². The van der Waals surface area contributed by atoms with Gasteiger partial charge in [0.1, 0.15) is 0 Å². The van der Waals surface area contributed by atoms with Gasteiger partial charge in [-0.05, 0) is 49.1 Å². The second kappa shape index (κ2) is 5.93. The molecule has 1 aliphatic carbocycles. The maximum absolute atomic E-state index is 6.22. The van der Waals surface area contributed by atoms with Crippen LogP contribution in [-0.2, 0) is 0 Å². The lowest BCUT2D eigenvalue weighted by molar-refractivity contribution is 0.173. The molecule has 0 heterocycles. The third kappa shape index (κ3) is 3.79. The molecule has 19 heavy (non-hydrogen) atoms. The van der Waals surface area contributed by atoms with Crippen molar-refractivity contribution in [2.45, 2.75) is 52.5 Å². The molecule has 106 valence electrons. The van der Waals surface area contributed by atoms with Gasteiger partial charge in [0.15, 0.2) is 0 Å². The summed E-state index contributed by atoms with van der Waals surface area (Å²) in [6.45, 7) is 7.04. The minimum absolute atomic E-state index is 0.429. The zero-order valence-corrected chi connectivity index (χ0v) is 13.5. The van der Waals surface area contributed by atoms with E-state index >= 15 is 0 Å². The maximum atomic E-state index is 6.22. The molecule has 1 saturated carbocycles. The number of anilines is 1. The van der Waals surface area contributed by atoms with Crippen molar-refractivity contribution < 1.29 is 0 Å². The first-order valence-corrected chi connectivity index (χ1v) is 7.84. The highest BCUT2D eigenvalue weighted by Crippen LogP contribution is 2.39. The van der Waals surface area contributed by atoms with Crippen LogP contribution in [0, 0.1) is 11.3 Å². The summed E-state index contributed by atoms with van der Waals surface area (Å²) in [5.41, 5.74) is 1.40. The van der Waals surface area contributed by atoms with E-state index in [0.29, 0.717) is 21.5 Å². The molecule has 1 aromatic carbocycles. The Bertz CT molecular complexity index is 429. The fourth-order valence-electron chi connectivity index (χ4n) is 2.94. The van der Waals surface area contributed by atoms with Gasteiger partial charge in [0, 0.05) is 6.04 Å². The van der Waals surface area contributed by atoms with Crippen molar-refractivity contribution >= 4 is 28.9 Å². The first-order valence-electron chi connectivity index (χ1n) is 7.08. The molecule has 0 aliphatic heterocycles. The maximum Gasteiger partial charge on any atom is 0.0823 e. The van der Waals surface area contributed by atoms with Gasteiger partial charge in [-0.3, -0.25) is 0 Å². The Morgan fingerprint density at radius 2 is 1.68 bits per heavy atom. The highest BCUT2D eigenvalue weighted by atomic mass is 35.5. The lowest BCUT2D eigenvalue weighted by Crippen LogP contribution is -2.31. The minimum Gasteiger partial charge on any atom is -0.381 e. The molecular weight excluding hydrogens is 277 g/mol. The molecule has 1 fully saturated rings. The molecule has 0 atom stereocenters. The summed E-state index contributed by atoms with van der Waals surface area (Å²) < 4.78 is 0. The van der Waals surface area contributed by atoms with Crippen molar-refractivity contribution in [3.05, 3.63) is 28.2 Å². The van der Waals surface area contributed by atoms with Gasteiger partial charge in [0.25, 0.3) is 0 Å². The minimum atomic E-state index is 0.429. The van der Waals surface area contributed by atoms with Crippen LogP contribution in [0.5, 0.6) is 0 Å². The lowest BCUT2D eigenvalue weighted by Gasteiger charge is -2.37. The number of hydrogen-bond donors (Lipinski definition) is 1. The Morgan fingerprint density at radius 1 is 1.05 bits per heavy atom. The number of benzene rings is 1. The lowest BCUT2D eigenvalue weighted by atomic mass is 9.71. The van der Waals surface area contributed by atoms with Gasteiger partial charge in [0.05, 0.1) is 15.7 Å². The zero-order valence-electron chi connectivity index (χ0n) is 12.0. The highest BCUT2D eigenvalue weighted by Gasteiger charge is 2.29. The normalized spacial score (nSPS) is 24.3. The molecule has 1 aliphatic rings. The fourth-order valence-corrected chi connectivity index (χ4v) is 3.29. The van der Waals surface area contributed by atoms with Gasteiger partial charge >= 0.3 is 0 Å². The van der Waals surface area contributed by atoms with Gasteiger partial charge in [0.2, 0.25) is 0 Å². The van der Waals surface area contributed by atoms with Gasteiger partial charge in [-0.15, -0.1) is 0 Å². The number of halogens is 2. The van der Waals surface area contributed by atoms with E-state index in [0.717, 1.165) is 11.6 Å². The fraction of sp³-hybridized carbons (Fsp3) is 0.625. The van der Waals surface area contributed by atoms with E-state index in [9.17, 15) is 0 Å². The predicted octanol–water partition coefficient (Wildman–Crippen LogP) is 6.01. The molecule has 2 rings (SSSR count). The molecule has 0 saturated heterocycles. The molecule has 1 N–H and O–H groups in total. The van der Waals surface area contributed by atoms with Gasteiger partial charge < -0.3 is 5.32 Å². The third-order valence-electron chi connectivity index (χ3n) is 4.26. The highest BCUT2D eigenvalue weighted by molar-refractivity contribution is 6.43. The van der Waals surface area contributed by atoms with Crippen molar-refractivity contribution in [2.75, 3.05) is 5.32 Å². The monoisotopic (exact) mass is 299 g/mol. The number of hydrogen-bond acceptors (Lipinski definition) is 1. The average Bonchev–Trinajstić information content (AvgIpc) is 2.35. The van der Waals surface area contributed by atoms with Crippen LogP contribution in [-0.4, -0.2) is 6.04 Å². The van der Waals surface area contributed by atoms with Crippen molar-refractivity contribution in [1.82, 2.24) is 0 Å². The summed E-state index contributed by atoms with van der Waals surface area (Å²) in [6.07, 6.45) is 5.01. The van der Waals surface area contributed by atoms with Crippen molar-refractivity contribution in [1.29, 1.82) is 0 Å². The Morgan fingerprint density at radius 3 is 2.26 bits per heavy atom. The second-order valence-electron chi connectivity index (χ2n) is 6.66. The van der Waals surface area contributed by atoms with Crippen LogP contribution < -0.4 is 5.32 Å². The Hall–Kier alpha value is -0.400. The quantitative estimate of drug-likeness (QED) is 0.705. The molecule has 0 aromatic heterocycles. The Labute approximate surface area is 126 Å². The molecule has 0 amide bonds. The summed E-state index contributed by atoms with van der Waals surface area (Å²) in [6, 6.07) is 6.29. The topological polar surface area (TPSA) is 12.0 Å². The number of nitrogens with one attached hydrogen (secondary N) is 1. The SMILES string of the molecule is CC(C)(C)C1CCC(Nc2cccc(Cl)c2Cl)CC1. The zero-order chi connectivity index (χ0) is 14.0. The largest absolute Gasteiger partial charge is 0.381 e. The second-order valence-corrected chi connectivity index (χ2v) is 7.45. The van der Waals surface area contributed by atoms with Crippen molar-refractivity contribution in [2.24, 2.45) is 11.3 Å². The molecular formula is C16H23Cl2N. The average molecular weight is 300 g/mol. The molecule has 1 nitrogen and oxygen atoms in total. The number of rotatable bonds is 2. The van der Waals surface area contributed by atoms with Crippen molar-refractivity contribution in [3.8, 4) is 0 Å². The molecule has 0 radical (unpaired) electrons. The molecule has 0 unspecified atom stereocenters. The van der Waals surface area contributed by atoms with E-state index < -0.39 is 0 Å². The van der Waals surface area contributed by atoms with E-state index in [1.165, 1.54) is 25.7 Å². The van der Waals surface area contributed by atoms with Crippen LogP contribution in [0.15, 0.2) is 18.2 Å². The molecule has 3 heteroatoms. The standard InChI is InChI=1S/C16H23Cl2N/c1-16(2,3)11-7-9-12(10-8-11)19-14-6-4-5-13(17)15(14)18/h4-6,11-12,19H,7-10H2,1-3H3. The molecule has 1 aromatic rings. The van der Waals surface area contributed by atoms with Gasteiger partial charge in [-0.1, -0.05) is 50.0 Å². The summed E-state index contributed by atoms with van der Waals surface area (Å²) in [7, 11) is 0. The van der Waals surface area contributed by atoms with Crippen LogP contribution >= 0.6 is 23.2 Å². The summed E-state index contributed by atoms with van der Waals surface area (Å²) in [4.78, 5) is 0. The Kier molecular flexibility index (Phi) is 4.68. The summed E-state index contributed by atoms with van der Waals surface area (Å²) >= 11 is 12.3. The smallest absolute Gasteiger partial charge is 0.0823 e. The van der Waals surface area contributed by atoms with Crippen LogP contribution in [0.25, 0.3) is 0 Å². The summed E-state index contributed by atoms with van der Waals surface area (Å²) in [5, 5.41) is 4.81. The van der Waals surface area contributed by atoms with Crippen LogP contribution in [0.4, 0.5) is 5.69 Å². The van der Waals surface area contributed by atoms with Crippen LogP contribution in [0.1, 0.15) is 46.5 Å². The summed E-state index contributed by atoms with van der Waals surface area (Å²) in [5.74, 6) is 0.834. The van der Waals surface area contributed by atoms with E-state index in [2.05, 4.69) is 26.1 Å². The van der Waals surface area contributed by atoms with E-state index in [4.69, 9.17) is 23.2 Å². The molecule has 0 bridgehead atoms. The van der Waals surface area contributed by atoms with E-state index in [-0.39, 0.29) is 0 Å². The third-order valence-corrected chi connectivity index (χ3v) is 5.08. The van der Waals surface area contributed by atoms with E-state index in [1.807, 2.05) is 18.2 Å². The van der Waals surface area contributed by atoms with Gasteiger partial charge in [-0.2, -0.15) is 0 Å². The first kappa shape index (κ1) is 15.0. The predicted molar refractivity (Wildman–Crippen MR) is 85.3 cm³/mol. The van der Waals surface area contributed by atoms with Crippen LogP contribution in [0.2, 0.25) is 10.0 Å². The Balaban J connectivity index is 1.94. The molecule has 0 spiro atoms. The van der Waals surface area contributed by atoms with Crippen LogP contribution in [0.3, 0.4) is 0 Å².